The topological polar surface area (TPSA) is 79.4 Å². The van der Waals surface area contributed by atoms with Crippen LogP contribution in [0.2, 0.25) is 0 Å². The van der Waals surface area contributed by atoms with E-state index in [1.165, 1.54) is 10.4 Å². The summed E-state index contributed by atoms with van der Waals surface area (Å²) in [5.41, 5.74) is 2.15. The van der Waals surface area contributed by atoms with Crippen molar-refractivity contribution in [1.82, 2.24) is 9.29 Å². The van der Waals surface area contributed by atoms with Crippen LogP contribution in [-0.2, 0) is 10.0 Å². The molecule has 0 radical (unpaired) electrons. The zero-order chi connectivity index (χ0) is 20.3. The number of hydrogen-bond donors (Lipinski definition) is 1. The number of nitrogens with one attached hydrogen (secondary N) is 1. The van der Waals surface area contributed by atoms with E-state index in [1.54, 1.807) is 45.2 Å². The fraction of sp³-hybridized carbons (Fsp3) is 0.238. The lowest BCUT2D eigenvalue weighted by molar-refractivity contribution is 0.102. The van der Waals surface area contributed by atoms with E-state index in [9.17, 15) is 13.2 Å². The zero-order valence-electron chi connectivity index (χ0n) is 16.1. The van der Waals surface area contributed by atoms with Gasteiger partial charge in [0.1, 0.15) is 0 Å². The van der Waals surface area contributed by atoms with Gasteiger partial charge in [0.25, 0.3) is 5.91 Å². The van der Waals surface area contributed by atoms with Crippen molar-refractivity contribution >= 4 is 32.5 Å². The van der Waals surface area contributed by atoms with Gasteiger partial charge >= 0.3 is 0 Å². The van der Waals surface area contributed by atoms with Crippen molar-refractivity contribution in [2.75, 3.05) is 18.4 Å². The van der Waals surface area contributed by atoms with Gasteiger partial charge in [-0.15, -0.1) is 0 Å². The molecule has 3 rings (SSSR count). The molecule has 0 atom stereocenters. The van der Waals surface area contributed by atoms with E-state index >= 15 is 0 Å². The van der Waals surface area contributed by atoms with Crippen LogP contribution in [0.25, 0.3) is 10.9 Å². The molecule has 0 saturated carbocycles. The maximum Gasteiger partial charge on any atom is 0.255 e. The average Bonchev–Trinajstić information content (AvgIpc) is 2.69. The molecule has 1 amide bonds. The first-order valence-corrected chi connectivity index (χ1v) is 10.6. The van der Waals surface area contributed by atoms with Crippen LogP contribution in [0.4, 0.5) is 5.69 Å². The molecule has 1 aromatic heterocycles. The van der Waals surface area contributed by atoms with Crippen LogP contribution in [0.15, 0.2) is 59.6 Å². The largest absolute Gasteiger partial charge is 0.320 e. The molecule has 0 unspecified atom stereocenters. The number of rotatable bonds is 6. The van der Waals surface area contributed by atoms with E-state index in [4.69, 9.17) is 0 Å². The quantitative estimate of drug-likeness (QED) is 0.686. The first-order valence-electron chi connectivity index (χ1n) is 9.14. The van der Waals surface area contributed by atoms with Gasteiger partial charge in [-0.25, -0.2) is 8.42 Å². The first-order chi connectivity index (χ1) is 13.4. The maximum atomic E-state index is 12.9. The molecule has 1 heterocycles. The lowest BCUT2D eigenvalue weighted by Crippen LogP contribution is -2.31. The molecule has 3 aromatic rings. The van der Waals surface area contributed by atoms with Crippen LogP contribution in [0, 0.1) is 6.92 Å². The van der Waals surface area contributed by atoms with Crippen LogP contribution in [-0.4, -0.2) is 36.7 Å². The second-order valence-corrected chi connectivity index (χ2v) is 8.31. The van der Waals surface area contributed by atoms with Gasteiger partial charge in [0.15, 0.2) is 0 Å². The van der Waals surface area contributed by atoms with E-state index in [-0.39, 0.29) is 16.4 Å². The highest BCUT2D eigenvalue weighted by atomic mass is 32.2. The summed E-state index contributed by atoms with van der Waals surface area (Å²) in [6, 6.07) is 14.0. The average molecular weight is 398 g/mol. The summed E-state index contributed by atoms with van der Waals surface area (Å²) in [4.78, 5) is 17.3. The minimum Gasteiger partial charge on any atom is -0.320 e. The van der Waals surface area contributed by atoms with Gasteiger partial charge in [0, 0.05) is 30.2 Å². The number of carbonyl (C=O) groups is 1. The summed E-state index contributed by atoms with van der Waals surface area (Å²) in [6.45, 7) is 6.06. The van der Waals surface area contributed by atoms with E-state index in [0.717, 1.165) is 5.39 Å². The summed E-state index contributed by atoms with van der Waals surface area (Å²) in [7, 11) is -3.65. The van der Waals surface area contributed by atoms with Crippen LogP contribution in [0.5, 0.6) is 0 Å². The minimum absolute atomic E-state index is 0.153. The third kappa shape index (κ3) is 3.76. The third-order valence-electron chi connectivity index (χ3n) is 4.65. The molecule has 1 N–H and O–H groups in total. The highest BCUT2D eigenvalue weighted by Crippen LogP contribution is 2.24. The number of nitrogens with zero attached hydrogens (tertiary/aromatic N) is 2. The molecule has 6 nitrogen and oxygen atoms in total. The van der Waals surface area contributed by atoms with Crippen molar-refractivity contribution in [3.8, 4) is 0 Å². The normalized spacial score (nSPS) is 11.7. The van der Waals surface area contributed by atoms with Crippen LogP contribution in [0.3, 0.4) is 0 Å². The van der Waals surface area contributed by atoms with Crippen molar-refractivity contribution in [2.24, 2.45) is 0 Å². The van der Waals surface area contributed by atoms with Gasteiger partial charge in [-0.1, -0.05) is 38.1 Å². The van der Waals surface area contributed by atoms with Crippen molar-refractivity contribution in [1.29, 1.82) is 0 Å². The number of para-hydroxylation sites is 1. The monoisotopic (exact) mass is 397 g/mol. The van der Waals surface area contributed by atoms with Crippen molar-refractivity contribution < 1.29 is 13.2 Å². The molecule has 0 fully saturated rings. The number of anilines is 1. The Balaban J connectivity index is 1.97. The Morgan fingerprint density at radius 2 is 1.79 bits per heavy atom. The van der Waals surface area contributed by atoms with Gasteiger partial charge in [-0.05, 0) is 36.8 Å². The molecule has 7 heteroatoms. The summed E-state index contributed by atoms with van der Waals surface area (Å²) in [5.74, 6) is -0.380. The number of pyridine rings is 1. The number of sulfonamides is 1. The number of aryl methyl sites for hydroxylation is 1. The van der Waals surface area contributed by atoms with Crippen molar-refractivity contribution in [3.63, 3.8) is 0 Å². The first kappa shape index (κ1) is 20.0. The van der Waals surface area contributed by atoms with Gasteiger partial charge in [0.2, 0.25) is 10.0 Å². The SMILES string of the molecule is CCN(CC)S(=O)(=O)c1cc(C(=O)Nc2cccc3cccnc23)ccc1C. The van der Waals surface area contributed by atoms with Gasteiger partial charge in [-0.3, -0.25) is 9.78 Å². The second kappa shape index (κ2) is 8.08. The summed E-state index contributed by atoms with van der Waals surface area (Å²) in [6.07, 6.45) is 1.67. The van der Waals surface area contributed by atoms with Gasteiger partial charge in [0.05, 0.1) is 16.1 Å². The molecule has 146 valence electrons. The lowest BCUT2D eigenvalue weighted by atomic mass is 10.1. The molecule has 0 spiro atoms. The number of carbonyl (C=O) groups excluding carboxylic acids is 1. The molecule has 28 heavy (non-hydrogen) atoms. The standard InChI is InChI=1S/C21H23N3O3S/c1-4-24(5-2)28(26,27)19-14-17(12-11-15(19)3)21(25)23-18-10-6-8-16-9-7-13-22-20(16)18/h6-14H,4-5H2,1-3H3,(H,23,25). The number of fused-ring (bicyclic) bond motifs is 1. The molecule has 0 aliphatic rings. The zero-order valence-corrected chi connectivity index (χ0v) is 17.0. The van der Waals surface area contributed by atoms with Crippen LogP contribution in [0.1, 0.15) is 29.8 Å². The fourth-order valence-corrected chi connectivity index (χ4v) is 4.83. The molecule has 0 aliphatic heterocycles. The Hall–Kier alpha value is -2.77. The summed E-state index contributed by atoms with van der Waals surface area (Å²) >= 11 is 0. The molecule has 2 aromatic carbocycles. The molecule has 0 bridgehead atoms. The van der Waals surface area contributed by atoms with E-state index < -0.39 is 10.0 Å². The van der Waals surface area contributed by atoms with Crippen molar-refractivity contribution in [2.45, 2.75) is 25.7 Å². The Kier molecular flexibility index (Phi) is 5.76. The molecular formula is C21H23N3O3S. The lowest BCUT2D eigenvalue weighted by Gasteiger charge is -2.20. The predicted molar refractivity (Wildman–Crippen MR) is 111 cm³/mol. The Morgan fingerprint density at radius 3 is 2.50 bits per heavy atom. The number of aromatic nitrogens is 1. The van der Waals surface area contributed by atoms with E-state index in [2.05, 4.69) is 10.3 Å². The Morgan fingerprint density at radius 1 is 1.07 bits per heavy atom. The van der Waals surface area contributed by atoms with Crippen LogP contribution < -0.4 is 5.32 Å². The van der Waals surface area contributed by atoms with Crippen molar-refractivity contribution in [3.05, 3.63) is 65.9 Å². The second-order valence-electron chi connectivity index (χ2n) is 6.40. The minimum atomic E-state index is -3.65. The Bertz CT molecular complexity index is 1120. The third-order valence-corrected chi connectivity index (χ3v) is 6.85. The highest BCUT2D eigenvalue weighted by Gasteiger charge is 2.24. The number of amides is 1. The maximum absolute atomic E-state index is 12.9. The predicted octanol–water partition coefficient (Wildman–Crippen LogP) is 3.83. The summed E-state index contributed by atoms with van der Waals surface area (Å²) < 4.78 is 27.2. The number of hydrogen-bond acceptors (Lipinski definition) is 4. The smallest absolute Gasteiger partial charge is 0.255 e. The fourth-order valence-electron chi connectivity index (χ4n) is 3.12. The molecule has 0 saturated heterocycles. The number of benzene rings is 2. The summed E-state index contributed by atoms with van der Waals surface area (Å²) in [5, 5.41) is 3.76. The Labute approximate surface area is 165 Å². The van der Waals surface area contributed by atoms with Crippen LogP contribution >= 0.6 is 0 Å². The van der Waals surface area contributed by atoms with Gasteiger partial charge in [-0.2, -0.15) is 4.31 Å². The van der Waals surface area contributed by atoms with E-state index in [0.29, 0.717) is 29.9 Å². The van der Waals surface area contributed by atoms with E-state index in [1.807, 2.05) is 24.3 Å². The highest BCUT2D eigenvalue weighted by molar-refractivity contribution is 7.89. The molecule has 0 aliphatic carbocycles. The van der Waals surface area contributed by atoms with Gasteiger partial charge < -0.3 is 5.32 Å². The molecular weight excluding hydrogens is 374 g/mol.